The lowest BCUT2D eigenvalue weighted by Crippen LogP contribution is -2.22. The Bertz CT molecular complexity index is 346. The lowest BCUT2D eigenvalue weighted by molar-refractivity contribution is 0.0866. The molecule has 1 heterocycles. The predicted molar refractivity (Wildman–Crippen MR) is 64.3 cm³/mol. The fourth-order valence-electron chi connectivity index (χ4n) is 1.09. The molecule has 1 rings (SSSR count). The van der Waals surface area contributed by atoms with Crippen LogP contribution in [0.1, 0.15) is 5.69 Å². The molecule has 3 nitrogen and oxygen atoms in total. The fraction of sp³-hybridized carbons (Fsp3) is 0.545. The first-order valence-electron chi connectivity index (χ1n) is 5.07. The molecule has 82 valence electrons. The predicted octanol–water partition coefficient (Wildman–Crippen LogP) is 2.18. The topological polar surface area (TPSA) is 27.1 Å². The molecule has 4 heteroatoms. The van der Waals surface area contributed by atoms with Crippen LogP contribution in [0, 0.1) is 12.3 Å². The van der Waals surface area contributed by atoms with Gasteiger partial charge in [-0.25, -0.2) is 4.98 Å². The van der Waals surface area contributed by atoms with Crippen molar-refractivity contribution in [3.8, 4) is 12.3 Å². The summed E-state index contributed by atoms with van der Waals surface area (Å²) in [5.74, 6) is 2.56. The standard InChI is InChI=1S/C11H18N2OSi/c1-5-11-8-12-9-13(11)10-14-6-7-15(2,3)4/h1,8-9H,6-7,10H2,2-4H3. The highest BCUT2D eigenvalue weighted by atomic mass is 28.3. The van der Waals surface area contributed by atoms with Crippen molar-refractivity contribution in [2.45, 2.75) is 32.4 Å². The Morgan fingerprint density at radius 3 is 2.87 bits per heavy atom. The van der Waals surface area contributed by atoms with Crippen LogP contribution in [0.3, 0.4) is 0 Å². The minimum absolute atomic E-state index is 0.504. The molecular formula is C11H18N2OSi. The molecule has 1 aromatic heterocycles. The van der Waals surface area contributed by atoms with Crippen LogP contribution < -0.4 is 0 Å². The molecule has 0 amide bonds. The van der Waals surface area contributed by atoms with Gasteiger partial charge in [-0.05, 0) is 6.04 Å². The summed E-state index contributed by atoms with van der Waals surface area (Å²) in [7, 11) is -0.991. The van der Waals surface area contributed by atoms with E-state index in [0.717, 1.165) is 12.3 Å². The Balaban J connectivity index is 2.30. The summed E-state index contributed by atoms with van der Waals surface area (Å²) in [5.41, 5.74) is 0.767. The van der Waals surface area contributed by atoms with E-state index in [0.29, 0.717) is 6.73 Å². The van der Waals surface area contributed by atoms with Crippen molar-refractivity contribution >= 4 is 8.07 Å². The highest BCUT2D eigenvalue weighted by molar-refractivity contribution is 6.76. The highest BCUT2D eigenvalue weighted by Crippen LogP contribution is 2.08. The molecular weight excluding hydrogens is 204 g/mol. The third-order valence-corrected chi connectivity index (χ3v) is 3.79. The first-order chi connectivity index (χ1) is 7.03. The average molecular weight is 222 g/mol. The van der Waals surface area contributed by atoms with E-state index in [1.165, 1.54) is 6.04 Å². The number of aromatic nitrogens is 2. The lowest BCUT2D eigenvalue weighted by atomic mass is 10.5. The molecule has 0 radical (unpaired) electrons. The molecule has 0 spiro atoms. The van der Waals surface area contributed by atoms with Crippen LogP contribution >= 0.6 is 0 Å². The van der Waals surface area contributed by atoms with Gasteiger partial charge in [-0.1, -0.05) is 25.6 Å². The van der Waals surface area contributed by atoms with E-state index < -0.39 is 8.07 Å². The second kappa shape index (κ2) is 5.15. The molecule has 15 heavy (non-hydrogen) atoms. The largest absolute Gasteiger partial charge is 0.361 e. The van der Waals surface area contributed by atoms with Gasteiger partial charge in [0.1, 0.15) is 12.4 Å². The van der Waals surface area contributed by atoms with Crippen molar-refractivity contribution in [2.24, 2.45) is 0 Å². The molecule has 0 N–H and O–H groups in total. The number of ether oxygens (including phenoxy) is 1. The molecule has 0 aliphatic heterocycles. The lowest BCUT2D eigenvalue weighted by Gasteiger charge is -2.15. The minimum atomic E-state index is -0.991. The van der Waals surface area contributed by atoms with Crippen molar-refractivity contribution in [2.75, 3.05) is 6.61 Å². The maximum atomic E-state index is 5.56. The Kier molecular flexibility index (Phi) is 4.12. The van der Waals surface area contributed by atoms with E-state index >= 15 is 0 Å². The molecule has 0 bridgehead atoms. The Hall–Kier alpha value is -1.05. The van der Waals surface area contributed by atoms with Crippen molar-refractivity contribution in [3.05, 3.63) is 18.2 Å². The third kappa shape index (κ3) is 4.32. The average Bonchev–Trinajstić information content (AvgIpc) is 2.58. The first-order valence-corrected chi connectivity index (χ1v) is 8.78. The number of nitrogens with zero attached hydrogens (tertiary/aromatic N) is 2. The van der Waals surface area contributed by atoms with Crippen LogP contribution in [-0.4, -0.2) is 24.2 Å². The normalized spacial score (nSPS) is 11.3. The van der Waals surface area contributed by atoms with Gasteiger partial charge in [0.2, 0.25) is 0 Å². The molecule has 0 aliphatic rings. The van der Waals surface area contributed by atoms with E-state index in [2.05, 4.69) is 30.5 Å². The van der Waals surface area contributed by atoms with E-state index in [-0.39, 0.29) is 0 Å². The summed E-state index contributed by atoms with van der Waals surface area (Å²) in [4.78, 5) is 3.97. The SMILES string of the molecule is C#Cc1cncn1COCC[Si](C)(C)C. The Morgan fingerprint density at radius 2 is 2.27 bits per heavy atom. The van der Waals surface area contributed by atoms with Gasteiger partial charge in [0.05, 0.1) is 12.5 Å². The summed E-state index contributed by atoms with van der Waals surface area (Å²) in [5, 5.41) is 0. The van der Waals surface area contributed by atoms with Gasteiger partial charge < -0.3 is 4.74 Å². The van der Waals surface area contributed by atoms with Crippen LogP contribution in [0.25, 0.3) is 0 Å². The van der Waals surface area contributed by atoms with Gasteiger partial charge in [0.15, 0.2) is 0 Å². The van der Waals surface area contributed by atoms with Gasteiger partial charge in [-0.2, -0.15) is 0 Å². The van der Waals surface area contributed by atoms with E-state index in [1.54, 1.807) is 12.5 Å². The maximum Gasteiger partial charge on any atom is 0.124 e. The van der Waals surface area contributed by atoms with Crippen molar-refractivity contribution < 1.29 is 4.74 Å². The van der Waals surface area contributed by atoms with Crippen molar-refractivity contribution in [1.82, 2.24) is 9.55 Å². The molecule has 0 saturated heterocycles. The molecule has 0 fully saturated rings. The zero-order valence-electron chi connectivity index (χ0n) is 9.66. The third-order valence-electron chi connectivity index (χ3n) is 2.09. The van der Waals surface area contributed by atoms with Crippen LogP contribution in [0.15, 0.2) is 12.5 Å². The Morgan fingerprint density at radius 1 is 1.53 bits per heavy atom. The number of hydrogen-bond donors (Lipinski definition) is 0. The quantitative estimate of drug-likeness (QED) is 0.434. The second-order valence-corrected chi connectivity index (χ2v) is 10.4. The van der Waals surface area contributed by atoms with Gasteiger partial charge in [-0.3, -0.25) is 4.57 Å². The molecule has 0 saturated carbocycles. The van der Waals surface area contributed by atoms with Gasteiger partial charge >= 0.3 is 0 Å². The summed E-state index contributed by atoms with van der Waals surface area (Å²) < 4.78 is 7.40. The number of terminal acetylenes is 1. The van der Waals surface area contributed by atoms with E-state index in [1.807, 2.05) is 4.57 Å². The summed E-state index contributed by atoms with van der Waals surface area (Å²) in [6, 6.07) is 1.17. The van der Waals surface area contributed by atoms with E-state index in [4.69, 9.17) is 11.2 Å². The molecule has 0 aromatic carbocycles. The minimum Gasteiger partial charge on any atom is -0.361 e. The van der Waals surface area contributed by atoms with Crippen molar-refractivity contribution in [3.63, 3.8) is 0 Å². The first kappa shape index (κ1) is 12.0. The summed E-state index contributed by atoms with van der Waals surface area (Å²) >= 11 is 0. The van der Waals surface area contributed by atoms with Crippen LogP contribution in [-0.2, 0) is 11.5 Å². The number of hydrogen-bond acceptors (Lipinski definition) is 2. The van der Waals surface area contributed by atoms with Crippen molar-refractivity contribution in [1.29, 1.82) is 0 Å². The summed E-state index contributed by atoms with van der Waals surface area (Å²) in [6.07, 6.45) is 8.68. The monoisotopic (exact) mass is 222 g/mol. The fourth-order valence-corrected chi connectivity index (χ4v) is 1.84. The number of rotatable bonds is 5. The molecule has 0 atom stereocenters. The van der Waals surface area contributed by atoms with Gasteiger partial charge in [0, 0.05) is 14.7 Å². The maximum absolute atomic E-state index is 5.56. The molecule has 0 unspecified atom stereocenters. The van der Waals surface area contributed by atoms with Crippen LogP contribution in [0.5, 0.6) is 0 Å². The second-order valence-electron chi connectivity index (χ2n) is 4.74. The van der Waals surface area contributed by atoms with Gasteiger partial charge in [-0.15, -0.1) is 6.42 Å². The summed E-state index contributed by atoms with van der Waals surface area (Å²) in [6.45, 7) is 8.31. The van der Waals surface area contributed by atoms with Gasteiger partial charge in [0.25, 0.3) is 0 Å². The smallest absolute Gasteiger partial charge is 0.124 e. The zero-order valence-corrected chi connectivity index (χ0v) is 10.7. The highest BCUT2D eigenvalue weighted by Gasteiger charge is 2.12. The zero-order chi connectivity index (χ0) is 11.3. The van der Waals surface area contributed by atoms with Crippen LogP contribution in [0.4, 0.5) is 0 Å². The number of imidazole rings is 1. The molecule has 0 aliphatic carbocycles. The molecule has 1 aromatic rings. The van der Waals surface area contributed by atoms with Crippen LogP contribution in [0.2, 0.25) is 25.7 Å². The van der Waals surface area contributed by atoms with E-state index in [9.17, 15) is 0 Å². The Labute approximate surface area is 92.5 Å².